The molecular formula is C17H14ClNO5. The lowest BCUT2D eigenvalue weighted by Gasteiger charge is -2.09. The molecule has 1 N–H and O–H groups in total. The molecule has 0 heterocycles. The van der Waals surface area contributed by atoms with E-state index < -0.39 is 24.4 Å². The van der Waals surface area contributed by atoms with Crippen molar-refractivity contribution in [1.29, 1.82) is 0 Å². The predicted octanol–water partition coefficient (Wildman–Crippen LogP) is 2.46. The molecule has 2 aromatic carbocycles. The highest BCUT2D eigenvalue weighted by atomic mass is 35.5. The zero-order chi connectivity index (χ0) is 17.5. The first-order valence-corrected chi connectivity index (χ1v) is 7.29. The summed E-state index contributed by atoms with van der Waals surface area (Å²) >= 11 is 5.83. The third-order valence-corrected chi connectivity index (χ3v) is 3.24. The summed E-state index contributed by atoms with van der Waals surface area (Å²) in [6, 6.07) is 12.7. The van der Waals surface area contributed by atoms with E-state index in [9.17, 15) is 14.4 Å². The van der Waals surface area contributed by atoms with Gasteiger partial charge in [0, 0.05) is 10.6 Å². The van der Waals surface area contributed by atoms with Crippen LogP contribution in [0.1, 0.15) is 20.7 Å². The zero-order valence-electron chi connectivity index (χ0n) is 12.7. The van der Waals surface area contributed by atoms with Crippen molar-refractivity contribution in [2.75, 3.05) is 13.7 Å². The third-order valence-electron chi connectivity index (χ3n) is 3.00. The first-order chi connectivity index (χ1) is 11.5. The van der Waals surface area contributed by atoms with Crippen LogP contribution in [0.2, 0.25) is 5.02 Å². The second-order valence-electron chi connectivity index (χ2n) is 4.66. The molecule has 7 heteroatoms. The number of amides is 2. The summed E-state index contributed by atoms with van der Waals surface area (Å²) in [4.78, 5) is 35.5. The zero-order valence-corrected chi connectivity index (χ0v) is 13.5. The van der Waals surface area contributed by atoms with Crippen LogP contribution in [0.4, 0.5) is 0 Å². The number of benzene rings is 2. The SMILES string of the molecule is COc1ccc(Cl)cc1C(=O)OCC(=O)NC(=O)c1ccccc1. The highest BCUT2D eigenvalue weighted by molar-refractivity contribution is 6.31. The number of carbonyl (C=O) groups is 3. The molecule has 0 aliphatic carbocycles. The topological polar surface area (TPSA) is 81.7 Å². The van der Waals surface area contributed by atoms with Crippen molar-refractivity contribution in [3.05, 3.63) is 64.7 Å². The molecule has 0 aromatic heterocycles. The van der Waals surface area contributed by atoms with Crippen molar-refractivity contribution < 1.29 is 23.9 Å². The van der Waals surface area contributed by atoms with Crippen LogP contribution in [0.15, 0.2) is 48.5 Å². The average Bonchev–Trinajstić information content (AvgIpc) is 2.60. The summed E-state index contributed by atoms with van der Waals surface area (Å²) in [7, 11) is 1.39. The summed E-state index contributed by atoms with van der Waals surface area (Å²) in [5.41, 5.74) is 0.417. The number of ether oxygens (including phenoxy) is 2. The van der Waals surface area contributed by atoms with Crippen LogP contribution in [0.3, 0.4) is 0 Å². The Labute approximate surface area is 143 Å². The van der Waals surface area contributed by atoms with Crippen LogP contribution in [0.5, 0.6) is 5.75 Å². The summed E-state index contributed by atoms with van der Waals surface area (Å²) in [6.07, 6.45) is 0. The maximum atomic E-state index is 12.0. The van der Waals surface area contributed by atoms with Crippen LogP contribution in [0.25, 0.3) is 0 Å². The number of hydrogen-bond acceptors (Lipinski definition) is 5. The number of carbonyl (C=O) groups excluding carboxylic acids is 3. The number of rotatable bonds is 5. The second-order valence-corrected chi connectivity index (χ2v) is 5.10. The van der Waals surface area contributed by atoms with Gasteiger partial charge in [0.25, 0.3) is 11.8 Å². The van der Waals surface area contributed by atoms with Crippen LogP contribution in [-0.2, 0) is 9.53 Å². The van der Waals surface area contributed by atoms with Gasteiger partial charge in [-0.2, -0.15) is 0 Å². The summed E-state index contributed by atoms with van der Waals surface area (Å²) in [6.45, 7) is -0.604. The molecule has 0 radical (unpaired) electrons. The molecule has 2 aromatic rings. The van der Waals surface area contributed by atoms with Gasteiger partial charge in [0.1, 0.15) is 11.3 Å². The van der Waals surface area contributed by atoms with E-state index >= 15 is 0 Å². The fourth-order valence-electron chi connectivity index (χ4n) is 1.87. The second kappa shape index (κ2) is 8.12. The maximum Gasteiger partial charge on any atom is 0.342 e. The molecule has 2 amide bonds. The molecule has 0 fully saturated rings. The molecule has 124 valence electrons. The Morgan fingerprint density at radius 2 is 1.79 bits per heavy atom. The van der Waals surface area contributed by atoms with E-state index in [1.54, 1.807) is 36.4 Å². The van der Waals surface area contributed by atoms with Crippen molar-refractivity contribution in [3.63, 3.8) is 0 Å². The smallest absolute Gasteiger partial charge is 0.342 e. The maximum absolute atomic E-state index is 12.0. The lowest BCUT2D eigenvalue weighted by atomic mass is 10.2. The largest absolute Gasteiger partial charge is 0.496 e. The van der Waals surface area contributed by atoms with E-state index in [1.165, 1.54) is 19.2 Å². The van der Waals surface area contributed by atoms with Gasteiger partial charge < -0.3 is 9.47 Å². The monoisotopic (exact) mass is 347 g/mol. The van der Waals surface area contributed by atoms with Gasteiger partial charge in [-0.3, -0.25) is 14.9 Å². The third kappa shape index (κ3) is 4.57. The van der Waals surface area contributed by atoms with Crippen LogP contribution in [0, 0.1) is 0 Å². The Kier molecular flexibility index (Phi) is 5.92. The number of esters is 1. The summed E-state index contributed by atoms with van der Waals surface area (Å²) in [5.74, 6) is -1.82. The standard InChI is InChI=1S/C17H14ClNO5/c1-23-14-8-7-12(18)9-13(14)17(22)24-10-15(20)19-16(21)11-5-3-2-4-6-11/h2-9H,10H2,1H3,(H,19,20,21). The molecule has 24 heavy (non-hydrogen) atoms. The Morgan fingerprint density at radius 1 is 1.08 bits per heavy atom. The molecule has 0 unspecified atom stereocenters. The van der Waals surface area contributed by atoms with E-state index in [1.807, 2.05) is 0 Å². The first kappa shape index (κ1) is 17.5. The number of imide groups is 1. The summed E-state index contributed by atoms with van der Waals surface area (Å²) < 4.78 is 9.92. The van der Waals surface area contributed by atoms with E-state index in [0.717, 1.165) is 0 Å². The molecule has 0 saturated heterocycles. The Bertz CT molecular complexity index is 761. The van der Waals surface area contributed by atoms with E-state index in [-0.39, 0.29) is 11.3 Å². The minimum absolute atomic E-state index is 0.0900. The number of halogens is 1. The molecule has 2 rings (SSSR count). The van der Waals surface area contributed by atoms with Gasteiger partial charge in [0.05, 0.1) is 7.11 Å². The Balaban J connectivity index is 1.93. The molecule has 0 aliphatic rings. The van der Waals surface area contributed by atoms with E-state index in [0.29, 0.717) is 10.6 Å². The number of methoxy groups -OCH3 is 1. The number of nitrogens with one attached hydrogen (secondary N) is 1. The highest BCUT2D eigenvalue weighted by Crippen LogP contribution is 2.23. The molecule has 0 aliphatic heterocycles. The van der Waals surface area contributed by atoms with Gasteiger partial charge in [0.2, 0.25) is 0 Å². The summed E-state index contributed by atoms with van der Waals surface area (Å²) in [5, 5.41) is 2.46. The van der Waals surface area contributed by atoms with Crippen LogP contribution >= 0.6 is 11.6 Å². The molecule has 0 bridgehead atoms. The molecule has 0 spiro atoms. The molecule has 0 atom stereocenters. The van der Waals surface area contributed by atoms with Gasteiger partial charge in [-0.25, -0.2) is 4.79 Å². The van der Waals surface area contributed by atoms with Gasteiger partial charge in [-0.1, -0.05) is 29.8 Å². The normalized spacial score (nSPS) is 9.92. The van der Waals surface area contributed by atoms with Gasteiger partial charge in [-0.15, -0.1) is 0 Å². The predicted molar refractivity (Wildman–Crippen MR) is 87.2 cm³/mol. The van der Waals surface area contributed by atoms with Gasteiger partial charge in [-0.05, 0) is 30.3 Å². The lowest BCUT2D eigenvalue weighted by molar-refractivity contribution is -0.123. The van der Waals surface area contributed by atoms with Gasteiger partial charge >= 0.3 is 5.97 Å². The molecule has 6 nitrogen and oxygen atoms in total. The van der Waals surface area contributed by atoms with Gasteiger partial charge in [0.15, 0.2) is 6.61 Å². The Morgan fingerprint density at radius 3 is 2.46 bits per heavy atom. The first-order valence-electron chi connectivity index (χ1n) is 6.91. The average molecular weight is 348 g/mol. The lowest BCUT2D eigenvalue weighted by Crippen LogP contribution is -2.34. The minimum Gasteiger partial charge on any atom is -0.496 e. The minimum atomic E-state index is -0.781. The van der Waals surface area contributed by atoms with Crippen molar-refractivity contribution in [2.24, 2.45) is 0 Å². The molecular weight excluding hydrogens is 334 g/mol. The van der Waals surface area contributed by atoms with Crippen molar-refractivity contribution in [2.45, 2.75) is 0 Å². The van der Waals surface area contributed by atoms with Crippen LogP contribution in [-0.4, -0.2) is 31.5 Å². The quantitative estimate of drug-likeness (QED) is 0.840. The van der Waals surface area contributed by atoms with Crippen molar-refractivity contribution in [1.82, 2.24) is 5.32 Å². The van der Waals surface area contributed by atoms with Crippen LogP contribution < -0.4 is 10.1 Å². The van der Waals surface area contributed by atoms with Crippen molar-refractivity contribution in [3.8, 4) is 5.75 Å². The van der Waals surface area contributed by atoms with Crippen molar-refractivity contribution >= 4 is 29.4 Å². The highest BCUT2D eigenvalue weighted by Gasteiger charge is 2.17. The van der Waals surface area contributed by atoms with E-state index in [4.69, 9.17) is 21.1 Å². The fraction of sp³-hybridized carbons (Fsp3) is 0.118. The fourth-order valence-corrected chi connectivity index (χ4v) is 2.05. The Hall–Kier alpha value is -2.86. The van der Waals surface area contributed by atoms with E-state index in [2.05, 4.69) is 5.32 Å². The molecule has 0 saturated carbocycles. The number of hydrogen-bond donors (Lipinski definition) is 1.